The summed E-state index contributed by atoms with van der Waals surface area (Å²) in [5.41, 5.74) is 1.56. The molecule has 0 unspecified atom stereocenters. The number of aromatic nitrogens is 2. The Kier molecular flexibility index (Phi) is 3.05. The van der Waals surface area contributed by atoms with Crippen molar-refractivity contribution in [3.05, 3.63) is 48.8 Å². The van der Waals surface area contributed by atoms with E-state index >= 15 is 0 Å². The van der Waals surface area contributed by atoms with Crippen molar-refractivity contribution in [2.24, 2.45) is 0 Å². The third kappa shape index (κ3) is 2.42. The lowest BCUT2D eigenvalue weighted by molar-refractivity contribution is 0.468. The molecule has 0 radical (unpaired) electrons. The third-order valence-corrected chi connectivity index (χ3v) is 2.34. The molecule has 0 fully saturated rings. The summed E-state index contributed by atoms with van der Waals surface area (Å²) in [5.74, 6) is 0.763. The van der Waals surface area contributed by atoms with Crippen LogP contribution in [0.5, 0.6) is 11.5 Å². The first kappa shape index (κ1) is 11.1. The number of rotatable bonds is 3. The average molecular weight is 228 g/mol. The van der Waals surface area contributed by atoms with E-state index in [0.29, 0.717) is 12.2 Å². The van der Waals surface area contributed by atoms with Crippen molar-refractivity contribution in [3.8, 4) is 22.9 Å². The molecule has 4 nitrogen and oxygen atoms in total. The topological polar surface area (TPSA) is 66.2 Å². The zero-order valence-electron chi connectivity index (χ0n) is 9.17. The smallest absolute Gasteiger partial charge is 0.159 e. The lowest BCUT2D eigenvalue weighted by Crippen LogP contribution is -1.90. The minimum absolute atomic E-state index is 0.0267. The van der Waals surface area contributed by atoms with Crippen LogP contribution in [0.1, 0.15) is 5.56 Å². The number of allylic oxidation sites excluding steroid dienone is 1. The molecule has 1 aromatic carbocycles. The van der Waals surface area contributed by atoms with Gasteiger partial charge in [-0.05, 0) is 30.2 Å². The normalized spacial score (nSPS) is 10.1. The largest absolute Gasteiger partial charge is 0.508 e. The molecule has 2 aromatic rings. The zero-order chi connectivity index (χ0) is 12.3. The fourth-order valence-corrected chi connectivity index (χ4v) is 1.51. The predicted molar refractivity (Wildman–Crippen MR) is 64.7 cm³/mol. The van der Waals surface area contributed by atoms with Crippen molar-refractivity contribution in [2.75, 3.05) is 0 Å². The SMILES string of the molecule is C=CCc1cc(-c2ncc(O)cn2)ccc1O. The van der Waals surface area contributed by atoms with Crippen LogP contribution in [0.2, 0.25) is 0 Å². The molecule has 0 bridgehead atoms. The molecule has 2 N–H and O–H groups in total. The molecule has 4 heteroatoms. The van der Waals surface area contributed by atoms with Gasteiger partial charge in [0.1, 0.15) is 5.75 Å². The number of phenolic OH excluding ortho intramolecular Hbond substituents is 1. The molecule has 0 amide bonds. The number of hydrogen-bond acceptors (Lipinski definition) is 4. The Labute approximate surface area is 98.9 Å². The third-order valence-electron chi connectivity index (χ3n) is 2.34. The van der Waals surface area contributed by atoms with Gasteiger partial charge < -0.3 is 10.2 Å². The molecule has 1 heterocycles. The first-order valence-electron chi connectivity index (χ1n) is 5.15. The van der Waals surface area contributed by atoms with Gasteiger partial charge >= 0.3 is 0 Å². The van der Waals surface area contributed by atoms with Crippen LogP contribution in [0.15, 0.2) is 43.2 Å². The summed E-state index contributed by atoms with van der Waals surface area (Å²) in [5, 5.41) is 18.7. The van der Waals surface area contributed by atoms with Crippen LogP contribution in [0.25, 0.3) is 11.4 Å². The van der Waals surface area contributed by atoms with Crippen molar-refractivity contribution >= 4 is 0 Å². The first-order valence-corrected chi connectivity index (χ1v) is 5.15. The summed E-state index contributed by atoms with van der Waals surface area (Å²) < 4.78 is 0. The molecule has 86 valence electrons. The number of benzene rings is 1. The molecular formula is C13H12N2O2. The van der Waals surface area contributed by atoms with Gasteiger partial charge in [0.2, 0.25) is 0 Å². The van der Waals surface area contributed by atoms with E-state index in [1.807, 2.05) is 6.07 Å². The number of hydrogen-bond donors (Lipinski definition) is 2. The van der Waals surface area contributed by atoms with E-state index in [2.05, 4.69) is 16.5 Å². The Morgan fingerprint density at radius 3 is 2.53 bits per heavy atom. The van der Waals surface area contributed by atoms with Crippen LogP contribution in [0.3, 0.4) is 0 Å². The van der Waals surface area contributed by atoms with Gasteiger partial charge in [-0.15, -0.1) is 6.58 Å². The van der Waals surface area contributed by atoms with Crippen LogP contribution in [0, 0.1) is 0 Å². The first-order chi connectivity index (χ1) is 8.20. The fraction of sp³-hybridized carbons (Fsp3) is 0.0769. The summed E-state index contributed by atoms with van der Waals surface area (Å²) in [6.45, 7) is 3.64. The van der Waals surface area contributed by atoms with Gasteiger partial charge in [-0.1, -0.05) is 6.08 Å². The molecule has 0 aliphatic heterocycles. The predicted octanol–water partition coefficient (Wildman–Crippen LogP) is 2.28. The molecule has 2 rings (SSSR count). The highest BCUT2D eigenvalue weighted by Crippen LogP contribution is 2.24. The Balaban J connectivity index is 2.42. The van der Waals surface area contributed by atoms with Crippen molar-refractivity contribution in [2.45, 2.75) is 6.42 Å². The van der Waals surface area contributed by atoms with E-state index in [0.717, 1.165) is 11.1 Å². The van der Waals surface area contributed by atoms with Crippen LogP contribution in [-0.2, 0) is 6.42 Å². The molecule has 17 heavy (non-hydrogen) atoms. The lowest BCUT2D eigenvalue weighted by atomic mass is 10.1. The maximum atomic E-state index is 9.63. The molecule has 0 aliphatic carbocycles. The molecule has 1 aromatic heterocycles. The highest BCUT2D eigenvalue weighted by molar-refractivity contribution is 5.58. The Hall–Kier alpha value is -2.36. The molecule has 0 saturated heterocycles. The van der Waals surface area contributed by atoms with Gasteiger partial charge in [0.05, 0.1) is 12.4 Å². The number of nitrogens with zero attached hydrogens (tertiary/aromatic N) is 2. The van der Waals surface area contributed by atoms with Crippen molar-refractivity contribution < 1.29 is 10.2 Å². The lowest BCUT2D eigenvalue weighted by Gasteiger charge is -2.05. The second-order valence-electron chi connectivity index (χ2n) is 3.60. The van der Waals surface area contributed by atoms with Gasteiger partial charge in [-0.3, -0.25) is 0 Å². The number of phenols is 1. The zero-order valence-corrected chi connectivity index (χ0v) is 9.17. The Morgan fingerprint density at radius 2 is 1.88 bits per heavy atom. The fourth-order valence-electron chi connectivity index (χ4n) is 1.51. The Bertz CT molecular complexity index is 536. The van der Waals surface area contributed by atoms with Crippen LogP contribution in [-0.4, -0.2) is 20.2 Å². The summed E-state index contributed by atoms with van der Waals surface area (Å²) in [6, 6.07) is 5.14. The summed E-state index contributed by atoms with van der Waals surface area (Å²) in [6.07, 6.45) is 4.97. The van der Waals surface area contributed by atoms with E-state index in [1.54, 1.807) is 18.2 Å². The molecular weight excluding hydrogens is 216 g/mol. The second kappa shape index (κ2) is 4.65. The highest BCUT2D eigenvalue weighted by atomic mass is 16.3. The number of aromatic hydroxyl groups is 2. The minimum Gasteiger partial charge on any atom is -0.508 e. The summed E-state index contributed by atoms with van der Waals surface area (Å²) >= 11 is 0. The van der Waals surface area contributed by atoms with E-state index in [-0.39, 0.29) is 11.5 Å². The van der Waals surface area contributed by atoms with E-state index in [1.165, 1.54) is 12.4 Å². The summed E-state index contributed by atoms with van der Waals surface area (Å²) in [4.78, 5) is 8.02. The van der Waals surface area contributed by atoms with Crippen molar-refractivity contribution in [1.82, 2.24) is 9.97 Å². The quantitative estimate of drug-likeness (QED) is 0.791. The standard InChI is InChI=1S/C13H12N2O2/c1-2-3-9-6-10(4-5-12(9)17)13-14-7-11(16)8-15-13/h2,4-8,16-17H,1,3H2. The van der Waals surface area contributed by atoms with Crippen molar-refractivity contribution in [3.63, 3.8) is 0 Å². The van der Waals surface area contributed by atoms with Crippen LogP contribution >= 0.6 is 0 Å². The van der Waals surface area contributed by atoms with Gasteiger partial charge in [0.15, 0.2) is 11.6 Å². The highest BCUT2D eigenvalue weighted by Gasteiger charge is 2.05. The summed E-state index contributed by atoms with van der Waals surface area (Å²) in [7, 11) is 0. The Morgan fingerprint density at radius 1 is 1.18 bits per heavy atom. The van der Waals surface area contributed by atoms with E-state index in [4.69, 9.17) is 5.11 Å². The van der Waals surface area contributed by atoms with Gasteiger partial charge in [-0.2, -0.15) is 0 Å². The molecule has 0 atom stereocenters. The average Bonchev–Trinajstić information content (AvgIpc) is 2.33. The monoisotopic (exact) mass is 228 g/mol. The van der Waals surface area contributed by atoms with Crippen LogP contribution in [0.4, 0.5) is 0 Å². The van der Waals surface area contributed by atoms with E-state index < -0.39 is 0 Å². The molecule has 0 aliphatic rings. The van der Waals surface area contributed by atoms with Gasteiger partial charge in [0, 0.05) is 5.56 Å². The maximum Gasteiger partial charge on any atom is 0.159 e. The van der Waals surface area contributed by atoms with Crippen LogP contribution < -0.4 is 0 Å². The molecule has 0 saturated carbocycles. The maximum absolute atomic E-state index is 9.63. The van der Waals surface area contributed by atoms with Gasteiger partial charge in [-0.25, -0.2) is 9.97 Å². The van der Waals surface area contributed by atoms with Crippen molar-refractivity contribution in [1.29, 1.82) is 0 Å². The minimum atomic E-state index is 0.0267. The molecule has 0 spiro atoms. The van der Waals surface area contributed by atoms with E-state index in [9.17, 15) is 5.11 Å². The van der Waals surface area contributed by atoms with Gasteiger partial charge in [0.25, 0.3) is 0 Å². The second-order valence-corrected chi connectivity index (χ2v) is 3.60.